The van der Waals surface area contributed by atoms with E-state index in [9.17, 15) is 9.59 Å². The van der Waals surface area contributed by atoms with E-state index in [1.807, 2.05) is 24.3 Å². The van der Waals surface area contributed by atoms with Gasteiger partial charge in [-0.1, -0.05) is 12.1 Å². The Balaban J connectivity index is 1.33. The molecule has 2 aliphatic rings. The van der Waals surface area contributed by atoms with E-state index < -0.39 is 0 Å². The number of methoxy groups -OCH3 is 1. The zero-order valence-corrected chi connectivity index (χ0v) is 20.0. The van der Waals surface area contributed by atoms with Gasteiger partial charge >= 0.3 is 6.03 Å². The first-order valence-corrected chi connectivity index (χ1v) is 12.0. The van der Waals surface area contributed by atoms with E-state index in [1.165, 1.54) is 19.8 Å². The second-order valence-corrected chi connectivity index (χ2v) is 9.14. The maximum absolute atomic E-state index is 12.6. The van der Waals surface area contributed by atoms with E-state index in [-0.39, 0.29) is 30.5 Å². The largest absolute Gasteiger partial charge is 0.493 e. The van der Waals surface area contributed by atoms with E-state index in [0.717, 1.165) is 29.9 Å². The van der Waals surface area contributed by atoms with Crippen LogP contribution in [0.1, 0.15) is 50.0 Å². The van der Waals surface area contributed by atoms with Crippen LogP contribution in [0.4, 0.5) is 10.5 Å². The zero-order valence-electron chi connectivity index (χ0n) is 20.0. The molecule has 2 fully saturated rings. The number of nitrogens with one attached hydrogen (secondary N) is 2. The number of aromatic nitrogens is 1. The second-order valence-electron chi connectivity index (χ2n) is 9.14. The molecule has 5 rings (SSSR count). The van der Waals surface area contributed by atoms with Crippen molar-refractivity contribution >= 4 is 28.7 Å². The molecule has 1 saturated heterocycles. The number of hydrogen-bond acceptors (Lipinski definition) is 6. The van der Waals surface area contributed by atoms with Crippen LogP contribution in [-0.2, 0) is 11.3 Å². The third-order valence-electron chi connectivity index (χ3n) is 6.58. The Morgan fingerprint density at radius 1 is 1.23 bits per heavy atom. The highest BCUT2D eigenvalue weighted by molar-refractivity contribution is 5.97. The van der Waals surface area contributed by atoms with Gasteiger partial charge in [-0.15, -0.1) is 0 Å². The molecule has 0 radical (unpaired) electrons. The number of fused-ring (bicyclic) bond motifs is 1. The Kier molecular flexibility index (Phi) is 6.48. The molecule has 2 N–H and O–H groups in total. The Morgan fingerprint density at radius 2 is 2.06 bits per heavy atom. The molecule has 2 aromatic carbocycles. The molecular formula is C26H30N4O5. The Bertz CT molecular complexity index is 1230. The van der Waals surface area contributed by atoms with Gasteiger partial charge in [-0.2, -0.15) is 0 Å². The molecule has 9 heteroatoms. The molecule has 1 unspecified atom stereocenters. The van der Waals surface area contributed by atoms with E-state index >= 15 is 0 Å². The van der Waals surface area contributed by atoms with Gasteiger partial charge in [0.15, 0.2) is 17.1 Å². The summed E-state index contributed by atoms with van der Waals surface area (Å²) in [5, 5.41) is 5.74. The summed E-state index contributed by atoms with van der Waals surface area (Å²) < 4.78 is 17.7. The van der Waals surface area contributed by atoms with Crippen LogP contribution in [0, 0.1) is 0 Å². The van der Waals surface area contributed by atoms with Crippen LogP contribution in [-0.4, -0.2) is 48.1 Å². The lowest BCUT2D eigenvalue weighted by Gasteiger charge is -2.33. The number of anilines is 1. The normalized spacial score (nSPS) is 18.5. The maximum Gasteiger partial charge on any atom is 0.317 e. The zero-order chi connectivity index (χ0) is 24.4. The number of oxazole rings is 1. The molecule has 0 spiro atoms. The Morgan fingerprint density at radius 3 is 2.83 bits per heavy atom. The summed E-state index contributed by atoms with van der Waals surface area (Å²) in [4.78, 5) is 30.4. The minimum Gasteiger partial charge on any atom is -0.493 e. The summed E-state index contributed by atoms with van der Waals surface area (Å²) in [7, 11) is 1.65. The summed E-state index contributed by atoms with van der Waals surface area (Å²) in [5.41, 5.74) is 2.76. The van der Waals surface area contributed by atoms with E-state index in [0.29, 0.717) is 35.8 Å². The predicted octanol–water partition coefficient (Wildman–Crippen LogP) is 4.43. The lowest BCUT2D eigenvalue weighted by molar-refractivity contribution is -0.114. The van der Waals surface area contributed by atoms with Gasteiger partial charge in [-0.25, -0.2) is 9.78 Å². The highest BCUT2D eigenvalue weighted by Crippen LogP contribution is 2.35. The molecule has 1 atom stereocenters. The molecule has 184 valence electrons. The van der Waals surface area contributed by atoms with Crippen LogP contribution in [0.15, 0.2) is 40.8 Å². The van der Waals surface area contributed by atoms with Crippen LogP contribution in [0.5, 0.6) is 11.5 Å². The fraction of sp³-hybridized carbons (Fsp3) is 0.423. The summed E-state index contributed by atoms with van der Waals surface area (Å²) in [6, 6.07) is 11.2. The molecule has 3 aromatic rings. The van der Waals surface area contributed by atoms with Gasteiger partial charge in [0, 0.05) is 25.9 Å². The fourth-order valence-electron chi connectivity index (χ4n) is 4.83. The van der Waals surface area contributed by atoms with Crippen molar-refractivity contribution in [2.75, 3.05) is 25.5 Å². The lowest BCUT2D eigenvalue weighted by atomic mass is 9.96. The summed E-state index contributed by atoms with van der Waals surface area (Å²) in [6.45, 7) is 2.71. The van der Waals surface area contributed by atoms with Gasteiger partial charge in [0.1, 0.15) is 5.52 Å². The molecule has 3 amide bonds. The van der Waals surface area contributed by atoms with Crippen LogP contribution in [0.2, 0.25) is 0 Å². The first-order chi connectivity index (χ1) is 17.0. The van der Waals surface area contributed by atoms with Crippen LogP contribution >= 0.6 is 0 Å². The SMILES string of the molecule is COc1ccc(C2CNC(=O)N(Cc3nc4cccc(NC(C)=O)c4o3)C2)cc1OC1CCCC1. The first kappa shape index (κ1) is 23.0. The smallest absolute Gasteiger partial charge is 0.317 e. The minimum absolute atomic E-state index is 0.0730. The number of carbonyl (C=O) groups excluding carboxylic acids is 2. The maximum atomic E-state index is 12.6. The summed E-state index contributed by atoms with van der Waals surface area (Å²) >= 11 is 0. The number of ether oxygens (including phenoxy) is 2. The highest BCUT2D eigenvalue weighted by atomic mass is 16.5. The Hall–Kier alpha value is -3.75. The van der Waals surface area contributed by atoms with Crippen molar-refractivity contribution in [2.45, 2.75) is 51.2 Å². The predicted molar refractivity (Wildman–Crippen MR) is 131 cm³/mol. The van der Waals surface area contributed by atoms with Gasteiger partial charge in [0.05, 0.1) is 25.4 Å². The number of para-hydroxylation sites is 1. The number of amides is 3. The molecule has 1 saturated carbocycles. The minimum atomic E-state index is -0.190. The van der Waals surface area contributed by atoms with Crippen molar-refractivity contribution in [1.29, 1.82) is 0 Å². The van der Waals surface area contributed by atoms with Crippen molar-refractivity contribution in [3.05, 3.63) is 47.9 Å². The van der Waals surface area contributed by atoms with E-state index in [2.05, 4.69) is 15.6 Å². The van der Waals surface area contributed by atoms with Gasteiger partial charge < -0.3 is 29.4 Å². The molecule has 1 aromatic heterocycles. The molecule has 35 heavy (non-hydrogen) atoms. The van der Waals surface area contributed by atoms with Crippen LogP contribution < -0.4 is 20.1 Å². The van der Waals surface area contributed by atoms with Gasteiger partial charge in [-0.3, -0.25) is 4.79 Å². The lowest BCUT2D eigenvalue weighted by Crippen LogP contribution is -2.49. The average molecular weight is 479 g/mol. The quantitative estimate of drug-likeness (QED) is 0.521. The number of nitrogens with zero attached hydrogens (tertiary/aromatic N) is 2. The monoisotopic (exact) mass is 478 g/mol. The fourth-order valence-corrected chi connectivity index (χ4v) is 4.83. The first-order valence-electron chi connectivity index (χ1n) is 12.0. The number of carbonyl (C=O) groups is 2. The van der Waals surface area contributed by atoms with Crippen molar-refractivity contribution < 1.29 is 23.5 Å². The molecule has 9 nitrogen and oxygen atoms in total. The molecule has 1 aliphatic carbocycles. The third-order valence-corrected chi connectivity index (χ3v) is 6.58. The van der Waals surface area contributed by atoms with E-state index in [1.54, 1.807) is 24.1 Å². The topological polar surface area (TPSA) is 106 Å². The van der Waals surface area contributed by atoms with Gasteiger partial charge in [0.2, 0.25) is 11.8 Å². The van der Waals surface area contributed by atoms with Crippen LogP contribution in [0.25, 0.3) is 11.1 Å². The van der Waals surface area contributed by atoms with Gasteiger partial charge in [0.25, 0.3) is 0 Å². The standard InChI is InChI=1S/C26H30N4O5/c1-16(31)28-20-8-5-9-21-25(20)35-24(29-21)15-30-14-18(13-27-26(30)32)17-10-11-22(33-2)23(12-17)34-19-6-3-4-7-19/h5,8-12,18-19H,3-4,6-7,13-15H2,1-2H3,(H,27,32)(H,28,31). The van der Waals surface area contributed by atoms with Crippen LogP contribution in [0.3, 0.4) is 0 Å². The van der Waals surface area contributed by atoms with E-state index in [4.69, 9.17) is 13.9 Å². The number of hydrogen-bond donors (Lipinski definition) is 2. The number of urea groups is 1. The number of rotatable bonds is 7. The Labute approximate surface area is 203 Å². The van der Waals surface area contributed by atoms with Crippen molar-refractivity contribution in [3.63, 3.8) is 0 Å². The van der Waals surface area contributed by atoms with Crippen molar-refractivity contribution in [2.24, 2.45) is 0 Å². The molecule has 1 aliphatic heterocycles. The summed E-state index contributed by atoms with van der Waals surface area (Å²) in [5.74, 6) is 1.77. The summed E-state index contributed by atoms with van der Waals surface area (Å²) in [6.07, 6.45) is 4.74. The van der Waals surface area contributed by atoms with Crippen molar-refractivity contribution in [1.82, 2.24) is 15.2 Å². The highest BCUT2D eigenvalue weighted by Gasteiger charge is 2.29. The number of benzene rings is 2. The average Bonchev–Trinajstić information content (AvgIpc) is 3.50. The molecule has 0 bridgehead atoms. The molecular weight excluding hydrogens is 448 g/mol. The third kappa shape index (κ3) is 5.03. The van der Waals surface area contributed by atoms with Crippen molar-refractivity contribution in [3.8, 4) is 11.5 Å². The second kappa shape index (κ2) is 9.85. The molecule has 2 heterocycles. The van der Waals surface area contributed by atoms with Gasteiger partial charge in [-0.05, 0) is 55.5 Å².